The van der Waals surface area contributed by atoms with Gasteiger partial charge in [-0.3, -0.25) is 4.79 Å². The zero-order valence-electron chi connectivity index (χ0n) is 18.6. The van der Waals surface area contributed by atoms with E-state index in [1.165, 1.54) is 17.1 Å². The second-order valence-corrected chi connectivity index (χ2v) is 8.20. The molecule has 1 fully saturated rings. The maximum atomic E-state index is 13.1. The second-order valence-electron chi connectivity index (χ2n) is 7.82. The van der Waals surface area contributed by atoms with E-state index in [4.69, 9.17) is 22.8 Å². The molecule has 1 aromatic carbocycles. The van der Waals surface area contributed by atoms with Crippen molar-refractivity contribution in [3.8, 4) is 18.0 Å². The van der Waals surface area contributed by atoms with Gasteiger partial charge >= 0.3 is 0 Å². The fraction of sp³-hybridized carbons (Fsp3) is 0.333. The Balaban J connectivity index is 1.51. The lowest BCUT2D eigenvalue weighted by Crippen LogP contribution is -2.32. The molecule has 1 N–H and O–H groups in total. The molecule has 0 spiro atoms. The van der Waals surface area contributed by atoms with Crippen LogP contribution in [-0.4, -0.2) is 46.1 Å². The molecule has 2 aromatic heterocycles. The highest BCUT2D eigenvalue weighted by Gasteiger charge is 2.24. The minimum absolute atomic E-state index is 0.0461. The first-order valence-corrected chi connectivity index (χ1v) is 11.3. The largest absolute Gasteiger partial charge is 0.382 e. The first-order chi connectivity index (χ1) is 16.5. The molecule has 4 rings (SSSR count). The van der Waals surface area contributed by atoms with Crippen molar-refractivity contribution in [2.75, 3.05) is 36.5 Å². The van der Waals surface area contributed by atoms with Gasteiger partial charge in [-0.2, -0.15) is 14.2 Å². The number of aromatic nitrogens is 4. The van der Waals surface area contributed by atoms with Gasteiger partial charge in [0.1, 0.15) is 5.02 Å². The molecule has 1 aliphatic rings. The van der Waals surface area contributed by atoms with E-state index < -0.39 is 11.5 Å². The molecule has 34 heavy (non-hydrogen) atoms. The number of hydrogen-bond donors (Lipinski definition) is 1. The van der Waals surface area contributed by atoms with E-state index >= 15 is 0 Å². The number of nitrogens with one attached hydrogen (secondary N) is 1. The van der Waals surface area contributed by atoms with E-state index in [2.05, 4.69) is 26.3 Å². The highest BCUT2D eigenvalue weighted by atomic mass is 35.5. The van der Waals surface area contributed by atoms with Crippen molar-refractivity contribution < 1.29 is 9.13 Å². The van der Waals surface area contributed by atoms with E-state index in [9.17, 15) is 9.18 Å². The second kappa shape index (κ2) is 10.6. The maximum Gasteiger partial charge on any atom is 0.292 e. The van der Waals surface area contributed by atoms with Crippen LogP contribution in [0.25, 0.3) is 5.69 Å². The van der Waals surface area contributed by atoms with Crippen LogP contribution in [0.4, 0.5) is 21.6 Å². The van der Waals surface area contributed by atoms with Crippen molar-refractivity contribution in [1.29, 1.82) is 0 Å². The molecule has 0 amide bonds. The van der Waals surface area contributed by atoms with Crippen molar-refractivity contribution >= 4 is 28.8 Å². The molecular weight excluding hydrogens is 459 g/mol. The Kier molecular flexibility index (Phi) is 7.40. The molecule has 0 unspecified atom stereocenters. The van der Waals surface area contributed by atoms with Gasteiger partial charge in [0, 0.05) is 37.2 Å². The standard InChI is InChI=1S/C24H24ClFN6O2/c1-3-16-9-10-34-15-17(16)11-27-20-12-30-32(24(33)23(20)25)19-7-5-18(6-8-19)31(4-2)22-14-28-21(26)13-29-22/h1,5-8,12-14,16-17,27H,4,9-11,15H2,2H3/t16-,17+/m1/s1. The Labute approximate surface area is 201 Å². The molecule has 0 aliphatic carbocycles. The maximum absolute atomic E-state index is 13.1. The van der Waals surface area contributed by atoms with Gasteiger partial charge in [0.15, 0.2) is 5.82 Å². The van der Waals surface area contributed by atoms with Crippen LogP contribution >= 0.6 is 11.6 Å². The first-order valence-electron chi connectivity index (χ1n) is 10.9. The van der Waals surface area contributed by atoms with Crippen molar-refractivity contribution in [1.82, 2.24) is 19.7 Å². The quantitative estimate of drug-likeness (QED) is 0.514. The van der Waals surface area contributed by atoms with Gasteiger partial charge in [0.2, 0.25) is 5.95 Å². The summed E-state index contributed by atoms with van der Waals surface area (Å²) >= 11 is 6.37. The third-order valence-electron chi connectivity index (χ3n) is 5.77. The van der Waals surface area contributed by atoms with Crippen LogP contribution in [0, 0.1) is 30.1 Å². The van der Waals surface area contributed by atoms with Crippen molar-refractivity contribution in [3.63, 3.8) is 0 Å². The Hall–Kier alpha value is -3.48. The smallest absolute Gasteiger partial charge is 0.292 e. The zero-order valence-corrected chi connectivity index (χ0v) is 19.4. The molecule has 0 bridgehead atoms. The lowest BCUT2D eigenvalue weighted by atomic mass is 9.89. The SMILES string of the molecule is C#C[C@@H]1CCOC[C@@H]1CNc1cnn(-c2ccc(N(CC)c3cnc(F)cn3)cc2)c(=O)c1Cl. The van der Waals surface area contributed by atoms with Crippen LogP contribution in [0.3, 0.4) is 0 Å². The van der Waals surface area contributed by atoms with Gasteiger partial charge in [-0.15, -0.1) is 12.3 Å². The Morgan fingerprint density at radius 3 is 2.76 bits per heavy atom. The predicted octanol–water partition coefficient (Wildman–Crippen LogP) is 3.67. The number of rotatable bonds is 7. The number of nitrogens with zero attached hydrogens (tertiary/aromatic N) is 5. The number of anilines is 3. The Bertz CT molecular complexity index is 1230. The van der Waals surface area contributed by atoms with Crippen LogP contribution in [0.1, 0.15) is 13.3 Å². The molecule has 176 valence electrons. The summed E-state index contributed by atoms with van der Waals surface area (Å²) in [4.78, 5) is 22.5. The van der Waals surface area contributed by atoms with Gasteiger partial charge in [-0.1, -0.05) is 11.6 Å². The highest BCUT2D eigenvalue weighted by Crippen LogP contribution is 2.25. The minimum Gasteiger partial charge on any atom is -0.382 e. The number of benzene rings is 1. The average molecular weight is 483 g/mol. The summed E-state index contributed by atoms with van der Waals surface area (Å²) in [6.07, 6.45) is 10.4. The Morgan fingerprint density at radius 2 is 2.09 bits per heavy atom. The van der Waals surface area contributed by atoms with Crippen molar-refractivity contribution in [2.24, 2.45) is 11.8 Å². The lowest BCUT2D eigenvalue weighted by molar-refractivity contribution is 0.0391. The summed E-state index contributed by atoms with van der Waals surface area (Å²) in [7, 11) is 0. The third kappa shape index (κ3) is 5.03. The van der Waals surface area contributed by atoms with Crippen molar-refractivity contribution in [3.05, 3.63) is 64.2 Å². The zero-order chi connectivity index (χ0) is 24.1. The molecule has 3 aromatic rings. The summed E-state index contributed by atoms with van der Waals surface area (Å²) in [5.41, 5.74) is 1.37. The van der Waals surface area contributed by atoms with Crippen LogP contribution in [0.5, 0.6) is 0 Å². The number of hydrogen-bond acceptors (Lipinski definition) is 7. The topological polar surface area (TPSA) is 85.2 Å². The summed E-state index contributed by atoms with van der Waals surface area (Å²) in [6, 6.07) is 7.15. The van der Waals surface area contributed by atoms with Gasteiger partial charge in [0.25, 0.3) is 5.56 Å². The fourth-order valence-corrected chi connectivity index (χ4v) is 4.09. The van der Waals surface area contributed by atoms with Gasteiger partial charge in [0.05, 0.1) is 36.6 Å². The summed E-state index contributed by atoms with van der Waals surface area (Å²) in [5, 5.41) is 7.52. The molecule has 3 heterocycles. The van der Waals surface area contributed by atoms with E-state index in [1.54, 1.807) is 12.1 Å². The monoisotopic (exact) mass is 482 g/mol. The number of halogens is 2. The molecule has 1 aliphatic heterocycles. The molecule has 0 radical (unpaired) electrons. The van der Waals surface area contributed by atoms with Crippen molar-refractivity contribution in [2.45, 2.75) is 13.3 Å². The molecule has 10 heteroatoms. The first kappa shape index (κ1) is 23.7. The average Bonchev–Trinajstić information content (AvgIpc) is 2.87. The molecular formula is C24H24ClFN6O2. The molecule has 2 atom stereocenters. The van der Waals surface area contributed by atoms with E-state index in [0.717, 1.165) is 18.3 Å². The van der Waals surface area contributed by atoms with Crippen LogP contribution in [-0.2, 0) is 4.74 Å². The van der Waals surface area contributed by atoms with Crippen LogP contribution in [0.15, 0.2) is 47.7 Å². The van der Waals surface area contributed by atoms with E-state index in [-0.39, 0.29) is 16.9 Å². The molecule has 8 nitrogen and oxygen atoms in total. The normalized spacial score (nSPS) is 17.7. The molecule has 0 saturated carbocycles. The summed E-state index contributed by atoms with van der Waals surface area (Å²) in [5.74, 6) is 2.95. The fourth-order valence-electron chi connectivity index (χ4n) is 3.89. The number of terminal acetylenes is 1. The third-order valence-corrected chi connectivity index (χ3v) is 6.13. The van der Waals surface area contributed by atoms with Gasteiger partial charge in [-0.05, 0) is 37.6 Å². The highest BCUT2D eigenvalue weighted by molar-refractivity contribution is 6.32. The minimum atomic E-state index is -0.640. The lowest BCUT2D eigenvalue weighted by Gasteiger charge is -2.28. The predicted molar refractivity (Wildman–Crippen MR) is 129 cm³/mol. The summed E-state index contributed by atoms with van der Waals surface area (Å²) in [6.45, 7) is 4.30. The Morgan fingerprint density at radius 1 is 1.29 bits per heavy atom. The van der Waals surface area contributed by atoms with Crippen LogP contribution in [0.2, 0.25) is 5.02 Å². The molecule has 1 saturated heterocycles. The number of ether oxygens (including phenoxy) is 1. The van der Waals surface area contributed by atoms with E-state index in [1.807, 2.05) is 24.0 Å². The van der Waals surface area contributed by atoms with Gasteiger partial charge in [-0.25, -0.2) is 9.97 Å². The van der Waals surface area contributed by atoms with E-state index in [0.29, 0.717) is 43.5 Å². The van der Waals surface area contributed by atoms with Gasteiger partial charge < -0.3 is 15.0 Å². The van der Waals surface area contributed by atoms with Crippen LogP contribution < -0.4 is 15.8 Å². The summed E-state index contributed by atoms with van der Waals surface area (Å²) < 4.78 is 19.9.